The Morgan fingerprint density at radius 1 is 1.38 bits per heavy atom. The largest absolute Gasteiger partial charge is 0.326 e. The third-order valence-electron chi connectivity index (χ3n) is 2.13. The van der Waals surface area contributed by atoms with Crippen molar-refractivity contribution in [1.29, 1.82) is 0 Å². The van der Waals surface area contributed by atoms with Crippen molar-refractivity contribution in [3.05, 3.63) is 33.8 Å². The zero-order valence-corrected chi connectivity index (χ0v) is 9.16. The van der Waals surface area contributed by atoms with E-state index in [-0.39, 0.29) is 6.04 Å². The summed E-state index contributed by atoms with van der Waals surface area (Å²) in [4.78, 5) is 0. The van der Waals surface area contributed by atoms with Gasteiger partial charge in [-0.15, -0.1) is 0 Å². The summed E-state index contributed by atoms with van der Waals surface area (Å²) in [5.74, 6) is 1.02. The molecule has 2 N–H and O–H groups in total. The zero-order chi connectivity index (χ0) is 9.42. The lowest BCUT2D eigenvalue weighted by atomic mass is 10.1. The van der Waals surface area contributed by atoms with Gasteiger partial charge < -0.3 is 5.73 Å². The normalized spacial score (nSPS) is 27.0. The summed E-state index contributed by atoms with van der Waals surface area (Å²) in [6, 6.07) is 5.82. The molecule has 1 fully saturated rings. The molecule has 2 atom stereocenters. The van der Waals surface area contributed by atoms with Crippen LogP contribution in [0.2, 0.25) is 10.0 Å². The van der Waals surface area contributed by atoms with Crippen LogP contribution in [0.25, 0.3) is 0 Å². The molecule has 1 aromatic rings. The number of hydrogen-bond acceptors (Lipinski definition) is 2. The van der Waals surface area contributed by atoms with Gasteiger partial charge in [-0.3, -0.25) is 0 Å². The first-order valence-electron chi connectivity index (χ1n) is 4.00. The number of nitrogens with two attached hydrogens (primary N) is 1. The Morgan fingerprint density at radius 3 is 2.62 bits per heavy atom. The topological polar surface area (TPSA) is 26.0 Å². The van der Waals surface area contributed by atoms with Crippen molar-refractivity contribution < 1.29 is 0 Å². The number of rotatable bonds is 1. The molecule has 0 saturated carbocycles. The van der Waals surface area contributed by atoms with Crippen LogP contribution in [0.5, 0.6) is 0 Å². The van der Waals surface area contributed by atoms with E-state index in [1.54, 1.807) is 6.07 Å². The minimum absolute atomic E-state index is 0.240. The molecule has 70 valence electrons. The third-order valence-corrected chi connectivity index (χ3v) is 4.23. The molecule has 1 aliphatic rings. The molecule has 0 aromatic heterocycles. The Kier molecular flexibility index (Phi) is 2.75. The van der Waals surface area contributed by atoms with Gasteiger partial charge in [0.15, 0.2) is 0 Å². The molecule has 0 bridgehead atoms. The van der Waals surface area contributed by atoms with E-state index in [0.29, 0.717) is 10.3 Å². The summed E-state index contributed by atoms with van der Waals surface area (Å²) in [7, 11) is 0. The van der Waals surface area contributed by atoms with Crippen LogP contribution < -0.4 is 5.73 Å². The quantitative estimate of drug-likeness (QED) is 0.807. The SMILES string of the molecule is NC1CSC1c1ccc(Cl)cc1Cl. The minimum atomic E-state index is 0.240. The first-order chi connectivity index (χ1) is 6.18. The minimum Gasteiger partial charge on any atom is -0.326 e. The van der Waals surface area contributed by atoms with Crippen molar-refractivity contribution in [1.82, 2.24) is 0 Å². The maximum absolute atomic E-state index is 6.05. The van der Waals surface area contributed by atoms with Gasteiger partial charge in [0, 0.05) is 27.1 Å². The molecule has 2 rings (SSSR count). The van der Waals surface area contributed by atoms with Crippen LogP contribution in [0.3, 0.4) is 0 Å². The standard InChI is InChI=1S/C9H9Cl2NS/c10-5-1-2-6(7(11)3-5)9-8(12)4-13-9/h1-3,8-9H,4,12H2. The van der Waals surface area contributed by atoms with Crippen LogP contribution in [-0.2, 0) is 0 Å². The highest BCUT2D eigenvalue weighted by molar-refractivity contribution is 8.01. The second kappa shape index (κ2) is 3.70. The highest BCUT2D eigenvalue weighted by Gasteiger charge is 2.31. The van der Waals surface area contributed by atoms with Gasteiger partial charge in [-0.2, -0.15) is 11.8 Å². The Hall–Kier alpha value is 0.110. The van der Waals surface area contributed by atoms with E-state index < -0.39 is 0 Å². The molecule has 0 spiro atoms. The fourth-order valence-corrected chi connectivity index (χ4v) is 2.94. The zero-order valence-electron chi connectivity index (χ0n) is 6.84. The molecule has 0 radical (unpaired) electrons. The smallest absolute Gasteiger partial charge is 0.0471 e. The van der Waals surface area contributed by atoms with Crippen LogP contribution in [0, 0.1) is 0 Å². The Labute approximate surface area is 91.6 Å². The Balaban J connectivity index is 2.30. The van der Waals surface area contributed by atoms with Gasteiger partial charge in [-0.05, 0) is 17.7 Å². The first-order valence-corrected chi connectivity index (χ1v) is 5.81. The molecule has 1 nitrogen and oxygen atoms in total. The number of benzene rings is 1. The lowest BCUT2D eigenvalue weighted by molar-refractivity contribution is 0.687. The monoisotopic (exact) mass is 233 g/mol. The van der Waals surface area contributed by atoms with Crippen LogP contribution in [0.4, 0.5) is 0 Å². The number of halogens is 2. The van der Waals surface area contributed by atoms with Crippen molar-refractivity contribution >= 4 is 35.0 Å². The van der Waals surface area contributed by atoms with Crippen molar-refractivity contribution in [3.8, 4) is 0 Å². The second-order valence-electron chi connectivity index (χ2n) is 3.08. The van der Waals surface area contributed by atoms with Gasteiger partial charge in [-0.1, -0.05) is 29.3 Å². The summed E-state index contributed by atoms with van der Waals surface area (Å²) >= 11 is 13.7. The summed E-state index contributed by atoms with van der Waals surface area (Å²) < 4.78 is 0. The molecule has 4 heteroatoms. The first kappa shape index (κ1) is 9.66. The summed E-state index contributed by atoms with van der Waals surface area (Å²) in [5, 5.41) is 1.75. The van der Waals surface area contributed by atoms with Gasteiger partial charge in [-0.25, -0.2) is 0 Å². The fourth-order valence-electron chi connectivity index (χ4n) is 1.36. The van der Waals surface area contributed by atoms with Crippen LogP contribution in [-0.4, -0.2) is 11.8 Å². The average Bonchev–Trinajstić information content (AvgIpc) is 2.07. The lowest BCUT2D eigenvalue weighted by Crippen LogP contribution is -2.37. The van der Waals surface area contributed by atoms with E-state index in [4.69, 9.17) is 28.9 Å². The molecular formula is C9H9Cl2NS. The summed E-state index contributed by atoms with van der Waals surface area (Å²) in [6.45, 7) is 0. The molecule has 1 heterocycles. The van der Waals surface area contributed by atoms with Crippen molar-refractivity contribution in [3.63, 3.8) is 0 Å². The molecule has 1 saturated heterocycles. The maximum Gasteiger partial charge on any atom is 0.0471 e. The van der Waals surface area contributed by atoms with Crippen molar-refractivity contribution in [2.45, 2.75) is 11.3 Å². The van der Waals surface area contributed by atoms with E-state index >= 15 is 0 Å². The molecule has 1 aliphatic heterocycles. The molecule has 0 amide bonds. The van der Waals surface area contributed by atoms with Crippen LogP contribution in [0.1, 0.15) is 10.8 Å². The van der Waals surface area contributed by atoms with Gasteiger partial charge in [0.1, 0.15) is 0 Å². The molecule has 13 heavy (non-hydrogen) atoms. The van der Waals surface area contributed by atoms with Crippen LogP contribution >= 0.6 is 35.0 Å². The predicted molar refractivity (Wildman–Crippen MR) is 59.6 cm³/mol. The highest BCUT2D eigenvalue weighted by Crippen LogP contribution is 2.44. The van der Waals surface area contributed by atoms with E-state index in [9.17, 15) is 0 Å². The van der Waals surface area contributed by atoms with E-state index in [1.807, 2.05) is 23.9 Å². The van der Waals surface area contributed by atoms with Gasteiger partial charge >= 0.3 is 0 Å². The predicted octanol–water partition coefficient (Wildman–Crippen LogP) is 3.11. The fraction of sp³-hybridized carbons (Fsp3) is 0.333. The molecule has 2 unspecified atom stereocenters. The highest BCUT2D eigenvalue weighted by atomic mass is 35.5. The number of hydrogen-bond donors (Lipinski definition) is 1. The molecule has 0 aliphatic carbocycles. The average molecular weight is 234 g/mol. The molecular weight excluding hydrogens is 225 g/mol. The van der Waals surface area contributed by atoms with E-state index in [2.05, 4.69) is 0 Å². The maximum atomic E-state index is 6.05. The summed E-state index contributed by atoms with van der Waals surface area (Å²) in [5.41, 5.74) is 6.96. The van der Waals surface area contributed by atoms with E-state index in [1.165, 1.54) is 0 Å². The van der Waals surface area contributed by atoms with Crippen molar-refractivity contribution in [2.24, 2.45) is 5.73 Å². The van der Waals surface area contributed by atoms with Gasteiger partial charge in [0.2, 0.25) is 0 Å². The second-order valence-corrected chi connectivity index (χ2v) is 5.10. The van der Waals surface area contributed by atoms with E-state index in [0.717, 1.165) is 16.3 Å². The Bertz CT molecular complexity index is 329. The number of thioether (sulfide) groups is 1. The third kappa shape index (κ3) is 1.82. The lowest BCUT2D eigenvalue weighted by Gasteiger charge is -2.33. The Morgan fingerprint density at radius 2 is 2.15 bits per heavy atom. The van der Waals surface area contributed by atoms with Gasteiger partial charge in [0.05, 0.1) is 0 Å². The van der Waals surface area contributed by atoms with Gasteiger partial charge in [0.25, 0.3) is 0 Å². The molecule has 1 aromatic carbocycles. The van der Waals surface area contributed by atoms with Crippen molar-refractivity contribution in [2.75, 3.05) is 5.75 Å². The summed E-state index contributed by atoms with van der Waals surface area (Å²) in [6.07, 6.45) is 0. The van der Waals surface area contributed by atoms with Crippen LogP contribution in [0.15, 0.2) is 18.2 Å².